The monoisotopic (exact) mass is 628 g/mol. The molecule has 0 saturated carbocycles. The van der Waals surface area contributed by atoms with Crippen molar-refractivity contribution in [3.8, 4) is 23.0 Å². The van der Waals surface area contributed by atoms with E-state index in [1.165, 1.54) is 28.6 Å². The Morgan fingerprint density at radius 1 is 0.911 bits per heavy atom. The quantitative estimate of drug-likeness (QED) is 0.172. The minimum atomic E-state index is -0.781. The summed E-state index contributed by atoms with van der Waals surface area (Å²) in [7, 11) is 3.09. The van der Waals surface area contributed by atoms with E-state index in [2.05, 4.69) is 11.9 Å². The number of carbonyl (C=O) groups excluding carboxylic acids is 1. The van der Waals surface area contributed by atoms with Gasteiger partial charge in [0.25, 0.3) is 5.56 Å². The molecular formula is C35H36N2O7S. The maximum Gasteiger partial charge on any atom is 0.338 e. The van der Waals surface area contributed by atoms with Crippen LogP contribution in [0.25, 0.3) is 6.08 Å². The third-order valence-corrected chi connectivity index (χ3v) is 8.52. The van der Waals surface area contributed by atoms with Gasteiger partial charge in [0, 0.05) is 5.56 Å². The minimum absolute atomic E-state index is 0.186. The van der Waals surface area contributed by atoms with Crippen molar-refractivity contribution in [2.75, 3.05) is 34.0 Å². The van der Waals surface area contributed by atoms with Crippen LogP contribution in [0.1, 0.15) is 42.1 Å². The summed E-state index contributed by atoms with van der Waals surface area (Å²) in [5.41, 5.74) is 4.24. The molecule has 234 valence electrons. The van der Waals surface area contributed by atoms with E-state index in [1.54, 1.807) is 39.2 Å². The molecule has 0 fully saturated rings. The number of allylic oxidation sites excluding steroid dienone is 1. The number of hydrogen-bond donors (Lipinski definition) is 0. The van der Waals surface area contributed by atoms with Crippen molar-refractivity contribution in [3.63, 3.8) is 0 Å². The molecule has 0 bridgehead atoms. The Balaban J connectivity index is 1.50. The molecule has 0 aliphatic carbocycles. The largest absolute Gasteiger partial charge is 0.493 e. The lowest BCUT2D eigenvalue weighted by Gasteiger charge is -2.25. The smallest absolute Gasteiger partial charge is 0.338 e. The highest BCUT2D eigenvalue weighted by atomic mass is 32.1. The first-order chi connectivity index (χ1) is 21.7. The number of methoxy groups -OCH3 is 2. The van der Waals surface area contributed by atoms with E-state index in [1.807, 2.05) is 55.5 Å². The molecule has 9 nitrogen and oxygen atoms in total. The van der Waals surface area contributed by atoms with Gasteiger partial charge in [0.15, 0.2) is 16.3 Å². The number of nitrogens with zero attached hydrogens (tertiary/aromatic N) is 2. The summed E-state index contributed by atoms with van der Waals surface area (Å²) in [6.07, 6.45) is 1.79. The number of thiazole rings is 1. The highest BCUT2D eigenvalue weighted by Crippen LogP contribution is 2.36. The normalized spacial score (nSPS) is 14.4. The number of benzene rings is 3. The molecule has 3 aromatic carbocycles. The number of rotatable bonds is 11. The van der Waals surface area contributed by atoms with E-state index in [0.29, 0.717) is 51.1 Å². The molecule has 1 atom stereocenters. The summed E-state index contributed by atoms with van der Waals surface area (Å²) in [4.78, 5) is 32.5. The molecular weight excluding hydrogens is 592 g/mol. The molecule has 1 aromatic heterocycles. The lowest BCUT2D eigenvalue weighted by molar-refractivity contribution is -0.139. The maximum absolute atomic E-state index is 14.1. The van der Waals surface area contributed by atoms with Gasteiger partial charge in [-0.3, -0.25) is 9.36 Å². The van der Waals surface area contributed by atoms with Crippen LogP contribution in [0.5, 0.6) is 23.0 Å². The first kappa shape index (κ1) is 31.6. The van der Waals surface area contributed by atoms with Gasteiger partial charge in [-0.2, -0.15) is 0 Å². The van der Waals surface area contributed by atoms with Gasteiger partial charge >= 0.3 is 5.97 Å². The SMILES string of the molecule is CCOC(=O)C1=C(C)N=c2s/c(=C\c3ccccc3OCCOc3ccc(C)c(C)c3)c(=O)n2C1c1ccc(OC)c(OC)c1. The molecule has 0 N–H and O–H groups in total. The summed E-state index contributed by atoms with van der Waals surface area (Å²) >= 11 is 1.25. The van der Waals surface area contributed by atoms with Crippen LogP contribution in [0.4, 0.5) is 0 Å². The second-order valence-electron chi connectivity index (χ2n) is 10.4. The molecule has 0 spiro atoms. The Hall–Kier alpha value is -4.83. The molecule has 4 aromatic rings. The van der Waals surface area contributed by atoms with Gasteiger partial charge in [-0.1, -0.05) is 41.7 Å². The molecule has 1 aliphatic rings. The summed E-state index contributed by atoms with van der Waals surface area (Å²) in [6.45, 7) is 8.47. The zero-order chi connectivity index (χ0) is 32.1. The van der Waals surface area contributed by atoms with E-state index in [4.69, 9.17) is 23.7 Å². The zero-order valence-electron chi connectivity index (χ0n) is 26.2. The Kier molecular flexibility index (Phi) is 9.73. The number of para-hydroxylation sites is 1. The van der Waals surface area contributed by atoms with Gasteiger partial charge in [-0.05, 0) is 80.8 Å². The number of esters is 1. The number of hydrogen-bond acceptors (Lipinski definition) is 9. The summed E-state index contributed by atoms with van der Waals surface area (Å²) < 4.78 is 30.3. The molecule has 0 radical (unpaired) electrons. The van der Waals surface area contributed by atoms with Gasteiger partial charge in [0.1, 0.15) is 24.7 Å². The van der Waals surface area contributed by atoms with Gasteiger partial charge < -0.3 is 23.7 Å². The van der Waals surface area contributed by atoms with Gasteiger partial charge in [-0.25, -0.2) is 9.79 Å². The van der Waals surface area contributed by atoms with Crippen molar-refractivity contribution in [1.82, 2.24) is 4.57 Å². The van der Waals surface area contributed by atoms with E-state index >= 15 is 0 Å². The minimum Gasteiger partial charge on any atom is -0.493 e. The van der Waals surface area contributed by atoms with Gasteiger partial charge in [-0.15, -0.1) is 0 Å². The molecule has 45 heavy (non-hydrogen) atoms. The van der Waals surface area contributed by atoms with Gasteiger partial charge in [0.05, 0.1) is 42.7 Å². The summed E-state index contributed by atoms with van der Waals surface area (Å²) in [5, 5.41) is 0. The average molecular weight is 629 g/mol. The fraction of sp³-hybridized carbons (Fsp3) is 0.286. The molecule has 10 heteroatoms. The van der Waals surface area contributed by atoms with E-state index in [-0.39, 0.29) is 17.7 Å². The number of fused-ring (bicyclic) bond motifs is 1. The van der Waals surface area contributed by atoms with Crippen molar-refractivity contribution >= 4 is 23.4 Å². The van der Waals surface area contributed by atoms with Crippen molar-refractivity contribution in [3.05, 3.63) is 114 Å². The molecule has 2 heterocycles. The second kappa shape index (κ2) is 13.9. The summed E-state index contributed by atoms with van der Waals surface area (Å²) in [5.74, 6) is 1.88. The highest BCUT2D eigenvalue weighted by Gasteiger charge is 2.34. The van der Waals surface area contributed by atoms with Crippen molar-refractivity contribution in [1.29, 1.82) is 0 Å². The van der Waals surface area contributed by atoms with Crippen LogP contribution in [0.3, 0.4) is 0 Å². The molecule has 0 saturated heterocycles. The molecule has 1 unspecified atom stereocenters. The molecule has 5 rings (SSSR count). The van der Waals surface area contributed by atoms with Crippen LogP contribution >= 0.6 is 11.3 Å². The Labute approximate surface area is 265 Å². The molecule has 1 aliphatic heterocycles. The lowest BCUT2D eigenvalue weighted by Crippen LogP contribution is -2.40. The summed E-state index contributed by atoms with van der Waals surface area (Å²) in [6, 6.07) is 18.0. The maximum atomic E-state index is 14.1. The standard InChI is InChI=1S/C35H36N2O7S/c1-7-42-34(39)31-23(4)36-35-37(32(31)25-13-15-28(40-5)29(19-25)41-6)33(38)30(45-35)20-24-10-8-9-11-27(24)44-17-16-43-26-14-12-21(2)22(3)18-26/h8-15,18-20,32H,7,16-17H2,1-6H3/b30-20-. The van der Waals surface area contributed by atoms with Crippen LogP contribution < -0.4 is 33.8 Å². The van der Waals surface area contributed by atoms with Crippen LogP contribution in [-0.4, -0.2) is 44.6 Å². The first-order valence-electron chi connectivity index (χ1n) is 14.6. The highest BCUT2D eigenvalue weighted by molar-refractivity contribution is 7.07. The number of aromatic nitrogens is 1. The number of aryl methyl sites for hydroxylation is 2. The van der Waals surface area contributed by atoms with E-state index in [0.717, 1.165) is 16.9 Å². The van der Waals surface area contributed by atoms with Crippen LogP contribution in [0.15, 0.2) is 81.7 Å². The predicted octanol–water partition coefficient (Wildman–Crippen LogP) is 4.89. The Morgan fingerprint density at radius 2 is 1.67 bits per heavy atom. The Bertz CT molecular complexity index is 1940. The fourth-order valence-corrected chi connectivity index (χ4v) is 6.15. The lowest BCUT2D eigenvalue weighted by atomic mass is 9.95. The topological polar surface area (TPSA) is 97.6 Å². The number of carbonyl (C=O) groups is 1. The third-order valence-electron chi connectivity index (χ3n) is 7.53. The van der Waals surface area contributed by atoms with Crippen LogP contribution in [0.2, 0.25) is 0 Å². The average Bonchev–Trinajstić information content (AvgIpc) is 3.34. The Morgan fingerprint density at radius 3 is 2.40 bits per heavy atom. The fourth-order valence-electron chi connectivity index (χ4n) is 5.12. The van der Waals surface area contributed by atoms with Crippen molar-refractivity contribution in [2.24, 2.45) is 4.99 Å². The van der Waals surface area contributed by atoms with Gasteiger partial charge in [0.2, 0.25) is 0 Å². The second-order valence-corrected chi connectivity index (χ2v) is 11.4. The van der Waals surface area contributed by atoms with E-state index < -0.39 is 12.0 Å². The van der Waals surface area contributed by atoms with Crippen LogP contribution in [0, 0.1) is 13.8 Å². The van der Waals surface area contributed by atoms with E-state index in [9.17, 15) is 9.59 Å². The van der Waals surface area contributed by atoms with Crippen LogP contribution in [-0.2, 0) is 9.53 Å². The number of ether oxygens (including phenoxy) is 5. The van der Waals surface area contributed by atoms with Crippen molar-refractivity contribution in [2.45, 2.75) is 33.7 Å². The predicted molar refractivity (Wildman–Crippen MR) is 173 cm³/mol. The van der Waals surface area contributed by atoms with Crippen molar-refractivity contribution < 1.29 is 28.5 Å². The molecule has 0 amide bonds. The third kappa shape index (κ3) is 6.66. The zero-order valence-corrected chi connectivity index (χ0v) is 27.0. The first-order valence-corrected chi connectivity index (χ1v) is 15.4.